The molecule has 4 aromatic carbocycles. The second-order valence-corrected chi connectivity index (χ2v) is 9.73. The normalized spacial score (nSPS) is 10.9. The Bertz CT molecular complexity index is 1550. The van der Waals surface area contributed by atoms with E-state index in [0.717, 1.165) is 11.1 Å². The lowest BCUT2D eigenvalue weighted by Crippen LogP contribution is -2.28. The number of hydrogen-bond donors (Lipinski definition) is 2. The number of hydrazone groups is 2. The van der Waals surface area contributed by atoms with Crippen LogP contribution in [-0.4, -0.2) is 49.4 Å². The monoisotopic (exact) mass is 606 g/mol. The van der Waals surface area contributed by atoms with Gasteiger partial charge in [0.2, 0.25) is 0 Å². The third kappa shape index (κ3) is 10.7. The van der Waals surface area contributed by atoms with Crippen LogP contribution in [0.4, 0.5) is 0 Å². The molecular formula is C34H30N4O7. The minimum atomic E-state index is -0.561. The lowest BCUT2D eigenvalue weighted by molar-refractivity contribution is -0.130. The van der Waals surface area contributed by atoms with Gasteiger partial charge in [0.15, 0.2) is 0 Å². The molecule has 2 N–H and O–H groups in total. The molecule has 0 aromatic heterocycles. The number of rotatable bonds is 12. The Labute approximate surface area is 259 Å². The Morgan fingerprint density at radius 1 is 0.556 bits per heavy atom. The van der Waals surface area contributed by atoms with Gasteiger partial charge in [0.05, 0.1) is 23.6 Å². The number of ether oxygens (including phenoxy) is 3. The zero-order valence-electron chi connectivity index (χ0n) is 24.6. The van der Waals surface area contributed by atoms with Crippen LogP contribution in [0.3, 0.4) is 0 Å². The fourth-order valence-electron chi connectivity index (χ4n) is 3.61. The molecule has 0 fully saturated rings. The highest BCUT2D eigenvalue weighted by atomic mass is 16.5. The van der Waals surface area contributed by atoms with E-state index in [4.69, 9.17) is 14.2 Å². The van der Waals surface area contributed by atoms with Gasteiger partial charge in [0, 0.05) is 0 Å². The first kappa shape index (κ1) is 32.0. The maximum absolute atomic E-state index is 12.2. The second-order valence-electron chi connectivity index (χ2n) is 9.73. The van der Waals surface area contributed by atoms with Crippen molar-refractivity contribution in [2.75, 3.05) is 13.2 Å². The number of nitrogens with zero attached hydrogens (tertiary/aromatic N) is 2. The van der Waals surface area contributed by atoms with Crippen molar-refractivity contribution < 1.29 is 33.4 Å². The molecule has 11 heteroatoms. The predicted molar refractivity (Wildman–Crippen MR) is 167 cm³/mol. The third-order valence-electron chi connectivity index (χ3n) is 6.03. The van der Waals surface area contributed by atoms with E-state index in [-0.39, 0.29) is 0 Å². The maximum Gasteiger partial charge on any atom is 0.343 e. The molecule has 0 aliphatic carbocycles. The average Bonchev–Trinajstić information content (AvgIpc) is 3.03. The van der Waals surface area contributed by atoms with Crippen LogP contribution in [-0.2, 0) is 14.3 Å². The summed E-state index contributed by atoms with van der Waals surface area (Å²) in [5.74, 6) is -1.31. The smallest absolute Gasteiger partial charge is 0.343 e. The van der Waals surface area contributed by atoms with Gasteiger partial charge in [-0.15, -0.1) is 0 Å². The zero-order chi connectivity index (χ0) is 32.0. The number of esters is 2. The number of benzene rings is 4. The van der Waals surface area contributed by atoms with Crippen molar-refractivity contribution in [1.29, 1.82) is 0 Å². The Hall–Kier alpha value is -5.94. The molecule has 0 heterocycles. The molecule has 0 unspecified atom stereocenters. The van der Waals surface area contributed by atoms with Gasteiger partial charge in [-0.2, -0.15) is 10.2 Å². The van der Waals surface area contributed by atoms with Crippen LogP contribution in [0.25, 0.3) is 0 Å². The van der Waals surface area contributed by atoms with Crippen LogP contribution >= 0.6 is 0 Å². The predicted octanol–water partition coefficient (Wildman–Crippen LogP) is 4.36. The van der Waals surface area contributed by atoms with Gasteiger partial charge in [-0.25, -0.2) is 20.4 Å². The molecule has 4 rings (SSSR count). The first-order valence-electron chi connectivity index (χ1n) is 13.7. The Morgan fingerprint density at radius 2 is 0.911 bits per heavy atom. The van der Waals surface area contributed by atoms with E-state index >= 15 is 0 Å². The molecule has 2 amide bonds. The maximum atomic E-state index is 12.2. The molecule has 0 saturated heterocycles. The van der Waals surface area contributed by atoms with Crippen molar-refractivity contribution in [3.8, 4) is 11.5 Å². The first-order valence-corrected chi connectivity index (χ1v) is 13.7. The lowest BCUT2D eigenvalue weighted by atomic mass is 10.1. The number of amides is 2. The fourth-order valence-corrected chi connectivity index (χ4v) is 3.61. The van der Waals surface area contributed by atoms with E-state index in [9.17, 15) is 19.2 Å². The third-order valence-corrected chi connectivity index (χ3v) is 6.03. The van der Waals surface area contributed by atoms with E-state index in [2.05, 4.69) is 21.1 Å². The standard InChI is InChI=1S/C34H30N4O7/c1-23-3-11-27(12-4-23)33(41)44-29-15-7-25(8-16-29)19-35-37-31(39)21-43-22-32(40)38-36-20-26-9-17-30(18-10-26)45-34(42)28-13-5-24(2)6-14-28/h3-20H,21-22H2,1-2H3,(H,37,39)(H,38,40)/b35-19+,36-20+. The van der Waals surface area contributed by atoms with Crippen molar-refractivity contribution >= 4 is 36.2 Å². The van der Waals surface area contributed by atoms with E-state index < -0.39 is 37.0 Å². The molecule has 0 aliphatic heterocycles. The number of hydrogen-bond acceptors (Lipinski definition) is 9. The van der Waals surface area contributed by atoms with E-state index in [1.807, 2.05) is 38.1 Å². The molecule has 0 radical (unpaired) electrons. The molecule has 0 spiro atoms. The zero-order valence-corrected chi connectivity index (χ0v) is 24.6. The van der Waals surface area contributed by atoms with Crippen LogP contribution < -0.4 is 20.3 Å². The number of carbonyl (C=O) groups excluding carboxylic acids is 4. The molecule has 0 saturated carbocycles. The summed E-state index contributed by atoms with van der Waals surface area (Å²) in [4.78, 5) is 48.3. The Balaban J connectivity index is 1.10. The quantitative estimate of drug-likeness (QED) is 0.106. The van der Waals surface area contributed by atoms with Crippen LogP contribution in [0.2, 0.25) is 0 Å². The summed E-state index contributed by atoms with van der Waals surface area (Å²) >= 11 is 0. The van der Waals surface area contributed by atoms with Crippen molar-refractivity contribution in [3.05, 3.63) is 130 Å². The fraction of sp³-hybridized carbons (Fsp3) is 0.118. The van der Waals surface area contributed by atoms with E-state index in [0.29, 0.717) is 33.8 Å². The summed E-state index contributed by atoms with van der Waals surface area (Å²) in [6.07, 6.45) is 2.82. The van der Waals surface area contributed by atoms with E-state index in [1.165, 1.54) is 12.4 Å². The van der Waals surface area contributed by atoms with Crippen LogP contribution in [0.1, 0.15) is 43.0 Å². The molecule has 228 valence electrons. The molecule has 45 heavy (non-hydrogen) atoms. The first-order chi connectivity index (χ1) is 21.7. The molecule has 4 aromatic rings. The van der Waals surface area contributed by atoms with Crippen molar-refractivity contribution in [2.45, 2.75) is 13.8 Å². The molecule has 0 aliphatic rings. The molecule has 11 nitrogen and oxygen atoms in total. The van der Waals surface area contributed by atoms with Gasteiger partial charge in [-0.1, -0.05) is 35.4 Å². The SMILES string of the molecule is Cc1ccc(C(=O)Oc2ccc(/C=N/NC(=O)COCC(=O)N/N=C/c3ccc(OC(=O)c4ccc(C)cc4)cc3)cc2)cc1. The molecular weight excluding hydrogens is 576 g/mol. The summed E-state index contributed by atoms with van der Waals surface area (Å²) in [5.41, 5.74) is 8.89. The van der Waals surface area contributed by atoms with Crippen LogP contribution in [0, 0.1) is 13.8 Å². The van der Waals surface area contributed by atoms with Crippen molar-refractivity contribution in [1.82, 2.24) is 10.9 Å². The van der Waals surface area contributed by atoms with Crippen molar-refractivity contribution in [2.24, 2.45) is 10.2 Å². The Morgan fingerprint density at radius 3 is 1.27 bits per heavy atom. The number of aryl methyl sites for hydroxylation is 2. The largest absolute Gasteiger partial charge is 0.423 e. The van der Waals surface area contributed by atoms with Gasteiger partial charge in [-0.05, 0) is 97.8 Å². The summed E-state index contributed by atoms with van der Waals surface area (Å²) in [7, 11) is 0. The molecule has 0 bridgehead atoms. The van der Waals surface area contributed by atoms with Gasteiger partial charge in [0.1, 0.15) is 24.7 Å². The summed E-state index contributed by atoms with van der Waals surface area (Å²) in [5, 5.41) is 7.69. The number of carbonyl (C=O) groups is 4. The van der Waals surface area contributed by atoms with Crippen molar-refractivity contribution in [3.63, 3.8) is 0 Å². The minimum absolute atomic E-state index is 0.368. The van der Waals surface area contributed by atoms with Gasteiger partial charge >= 0.3 is 11.9 Å². The van der Waals surface area contributed by atoms with E-state index in [1.54, 1.807) is 72.8 Å². The Kier molecular flexibility index (Phi) is 11.4. The van der Waals surface area contributed by atoms with Gasteiger partial charge < -0.3 is 14.2 Å². The second kappa shape index (κ2) is 16.1. The lowest BCUT2D eigenvalue weighted by Gasteiger charge is -2.05. The summed E-state index contributed by atoms with van der Waals surface area (Å²) in [6, 6.07) is 27.2. The van der Waals surface area contributed by atoms with Gasteiger partial charge in [0.25, 0.3) is 11.8 Å². The average molecular weight is 607 g/mol. The van der Waals surface area contributed by atoms with Crippen LogP contribution in [0.15, 0.2) is 107 Å². The summed E-state index contributed by atoms with van der Waals surface area (Å²) in [6.45, 7) is 3.07. The highest BCUT2D eigenvalue weighted by Gasteiger charge is 2.09. The highest BCUT2D eigenvalue weighted by Crippen LogP contribution is 2.15. The number of nitrogens with one attached hydrogen (secondary N) is 2. The highest BCUT2D eigenvalue weighted by molar-refractivity contribution is 5.92. The minimum Gasteiger partial charge on any atom is -0.423 e. The topological polar surface area (TPSA) is 145 Å². The van der Waals surface area contributed by atoms with Crippen LogP contribution in [0.5, 0.6) is 11.5 Å². The summed E-state index contributed by atoms with van der Waals surface area (Å²) < 4.78 is 15.8. The molecule has 0 atom stereocenters. The van der Waals surface area contributed by atoms with Gasteiger partial charge in [-0.3, -0.25) is 9.59 Å².